The highest BCUT2D eigenvalue weighted by Crippen LogP contribution is 2.16. The number of rotatable bonds is 0. The second kappa shape index (κ2) is 1.57. The summed E-state index contributed by atoms with van der Waals surface area (Å²) >= 11 is 4.12. The van der Waals surface area contributed by atoms with Crippen molar-refractivity contribution in [2.45, 2.75) is 0 Å². The minimum Gasteiger partial charge on any atom is -0.463 e. The summed E-state index contributed by atoms with van der Waals surface area (Å²) in [6, 6.07) is 3.75. The van der Waals surface area contributed by atoms with Crippen LogP contribution >= 0.6 is 12.8 Å². The first-order chi connectivity index (χ1) is 4.38. The number of fused-ring (bicyclic) bond motifs is 1. The van der Waals surface area contributed by atoms with Crippen molar-refractivity contribution < 1.29 is 4.42 Å². The molecule has 0 N–H and O–H groups in total. The molecule has 0 radical (unpaired) electrons. The highest BCUT2D eigenvalue weighted by molar-refractivity contribution is 7.78. The summed E-state index contributed by atoms with van der Waals surface area (Å²) in [6.45, 7) is 0. The van der Waals surface area contributed by atoms with Gasteiger partial charge in [-0.15, -0.1) is 0 Å². The third-order valence-electron chi connectivity index (χ3n) is 1.29. The van der Waals surface area contributed by atoms with Gasteiger partial charge in [0.1, 0.15) is 0 Å². The molecule has 0 fully saturated rings. The third-order valence-corrected chi connectivity index (χ3v) is 1.64. The first-order valence-electron chi connectivity index (χ1n) is 2.62. The Labute approximate surface area is 57.6 Å². The second-order valence-corrected chi connectivity index (χ2v) is 2.26. The average molecular weight is 139 g/mol. The summed E-state index contributed by atoms with van der Waals surface area (Å²) in [5.41, 5.74) is 1.89. The maximum absolute atomic E-state index is 5.07. The normalized spacial score (nSPS) is 10.8. The third kappa shape index (κ3) is 0.580. The van der Waals surface area contributed by atoms with Crippen LogP contribution in [0.2, 0.25) is 0 Å². The van der Waals surface area contributed by atoms with Crippen LogP contribution < -0.4 is 0 Å². The molecule has 2 nitrogen and oxygen atoms in total. The predicted octanol–water partition coefficient (Wildman–Crippen LogP) is 1.93. The van der Waals surface area contributed by atoms with Crippen LogP contribution in [0.25, 0.3) is 11.1 Å². The summed E-state index contributed by atoms with van der Waals surface area (Å²) in [7, 11) is 0. The highest BCUT2D eigenvalue weighted by Gasteiger charge is 1.97. The van der Waals surface area contributed by atoms with Crippen LogP contribution in [0.5, 0.6) is 0 Å². The number of thiol groups is 1. The van der Waals surface area contributed by atoms with Gasteiger partial charge in [0.25, 0.3) is 0 Å². The monoisotopic (exact) mass is 139 g/mol. The van der Waals surface area contributed by atoms with E-state index in [1.165, 1.54) is 0 Å². The van der Waals surface area contributed by atoms with Gasteiger partial charge in [-0.25, -0.2) is 0 Å². The van der Waals surface area contributed by atoms with Gasteiger partial charge in [0.2, 0.25) is 0 Å². The molecule has 2 rings (SSSR count). The maximum atomic E-state index is 5.07. The van der Waals surface area contributed by atoms with Crippen molar-refractivity contribution >= 4 is 23.9 Å². The van der Waals surface area contributed by atoms with Gasteiger partial charge in [0, 0.05) is 18.3 Å². The molecule has 0 bridgehead atoms. The van der Waals surface area contributed by atoms with Crippen LogP contribution in [0.15, 0.2) is 29.0 Å². The van der Waals surface area contributed by atoms with Gasteiger partial charge in [0.15, 0.2) is 5.58 Å². The van der Waals surface area contributed by atoms with E-state index in [9.17, 15) is 0 Å². The number of nitrogens with zero attached hydrogens (tertiary/aromatic N) is 1. The molecule has 0 unspecified atom stereocenters. The molecular weight excluding hydrogens is 134 g/mol. The molecule has 0 atom stereocenters. The van der Waals surface area contributed by atoms with Gasteiger partial charge in [-0.05, 0) is 0 Å². The van der Waals surface area contributed by atoms with Gasteiger partial charge < -0.3 is 4.42 Å². The van der Waals surface area contributed by atoms with E-state index in [0.717, 1.165) is 11.1 Å². The lowest BCUT2D eigenvalue weighted by atomic mass is 10.5. The molecule has 0 aromatic carbocycles. The fourth-order valence-corrected chi connectivity index (χ4v) is 1.08. The SMILES string of the molecule is Sn1ccc2occc21. The zero-order valence-electron chi connectivity index (χ0n) is 4.61. The lowest BCUT2D eigenvalue weighted by Gasteiger charge is -1.83. The number of hydrogen-bond donors (Lipinski definition) is 1. The quantitative estimate of drug-likeness (QED) is 0.552. The van der Waals surface area contributed by atoms with Crippen LogP contribution in [0.1, 0.15) is 0 Å². The Morgan fingerprint density at radius 1 is 1.44 bits per heavy atom. The smallest absolute Gasteiger partial charge is 0.152 e. The highest BCUT2D eigenvalue weighted by atomic mass is 32.1. The number of furan rings is 1. The van der Waals surface area contributed by atoms with E-state index in [1.54, 1.807) is 10.2 Å². The van der Waals surface area contributed by atoms with Crippen LogP contribution in [0.4, 0.5) is 0 Å². The molecule has 0 aliphatic heterocycles. The van der Waals surface area contributed by atoms with Gasteiger partial charge in [-0.2, -0.15) is 0 Å². The average Bonchev–Trinajstić information content (AvgIpc) is 2.35. The van der Waals surface area contributed by atoms with Crippen LogP contribution in [-0.2, 0) is 0 Å². The van der Waals surface area contributed by atoms with Crippen molar-refractivity contribution in [3.63, 3.8) is 0 Å². The Morgan fingerprint density at radius 3 is 3.11 bits per heavy atom. The molecule has 0 aliphatic carbocycles. The summed E-state index contributed by atoms with van der Waals surface area (Å²) < 4.78 is 6.79. The first-order valence-corrected chi connectivity index (χ1v) is 3.02. The van der Waals surface area contributed by atoms with Gasteiger partial charge in [0.05, 0.1) is 11.8 Å². The zero-order chi connectivity index (χ0) is 6.27. The molecule has 3 heteroatoms. The van der Waals surface area contributed by atoms with E-state index in [1.807, 2.05) is 18.3 Å². The van der Waals surface area contributed by atoms with Crippen molar-refractivity contribution in [1.82, 2.24) is 3.97 Å². The summed E-state index contributed by atoms with van der Waals surface area (Å²) in [5.74, 6) is 0. The first kappa shape index (κ1) is 4.99. The molecule has 2 aromatic heterocycles. The lowest BCUT2D eigenvalue weighted by molar-refractivity contribution is 0.616. The Kier molecular flexibility index (Phi) is 0.873. The lowest BCUT2D eigenvalue weighted by Crippen LogP contribution is -1.69. The fraction of sp³-hybridized carbons (Fsp3) is 0. The fourth-order valence-electron chi connectivity index (χ4n) is 0.847. The molecule has 2 aromatic rings. The Balaban J connectivity index is 2.99. The molecule has 0 amide bonds. The summed E-state index contributed by atoms with van der Waals surface area (Å²) in [5, 5.41) is 0. The zero-order valence-corrected chi connectivity index (χ0v) is 5.51. The van der Waals surface area contributed by atoms with E-state index in [4.69, 9.17) is 4.42 Å². The van der Waals surface area contributed by atoms with E-state index >= 15 is 0 Å². The Morgan fingerprint density at radius 2 is 2.33 bits per heavy atom. The summed E-state index contributed by atoms with van der Waals surface area (Å²) in [4.78, 5) is 0. The van der Waals surface area contributed by atoms with Crippen LogP contribution in [0.3, 0.4) is 0 Å². The number of aromatic nitrogens is 1. The van der Waals surface area contributed by atoms with E-state index < -0.39 is 0 Å². The predicted molar refractivity (Wildman–Crippen MR) is 38.6 cm³/mol. The van der Waals surface area contributed by atoms with Crippen molar-refractivity contribution in [3.05, 3.63) is 24.6 Å². The minimum absolute atomic E-state index is 0.880. The van der Waals surface area contributed by atoms with Crippen LogP contribution in [-0.4, -0.2) is 3.97 Å². The molecule has 0 saturated heterocycles. The molecule has 2 heterocycles. The van der Waals surface area contributed by atoms with Crippen molar-refractivity contribution in [2.24, 2.45) is 0 Å². The van der Waals surface area contributed by atoms with Crippen molar-refractivity contribution in [2.75, 3.05) is 0 Å². The van der Waals surface area contributed by atoms with E-state index in [2.05, 4.69) is 12.8 Å². The Hall–Kier alpha value is -0.830. The molecule has 46 valence electrons. The Bertz CT molecular complexity index is 322. The van der Waals surface area contributed by atoms with Crippen molar-refractivity contribution in [3.8, 4) is 0 Å². The molecule has 0 spiro atoms. The second-order valence-electron chi connectivity index (χ2n) is 1.83. The molecule has 0 saturated carbocycles. The number of hydrogen-bond acceptors (Lipinski definition) is 2. The topological polar surface area (TPSA) is 18.1 Å². The van der Waals surface area contributed by atoms with E-state index in [0.29, 0.717) is 0 Å². The minimum atomic E-state index is 0.880. The molecular formula is C6H5NOS. The van der Waals surface area contributed by atoms with E-state index in [-0.39, 0.29) is 0 Å². The maximum Gasteiger partial charge on any atom is 0.152 e. The standard InChI is InChI=1S/C6H5NOS/c9-7-3-1-6-5(7)2-4-8-6/h1-4,9H. The largest absolute Gasteiger partial charge is 0.463 e. The van der Waals surface area contributed by atoms with Gasteiger partial charge in [-0.1, -0.05) is 12.8 Å². The van der Waals surface area contributed by atoms with Crippen LogP contribution in [0, 0.1) is 0 Å². The summed E-state index contributed by atoms with van der Waals surface area (Å²) in [6.07, 6.45) is 3.49. The van der Waals surface area contributed by atoms with Gasteiger partial charge in [-0.3, -0.25) is 3.97 Å². The molecule has 9 heavy (non-hydrogen) atoms. The molecule has 0 aliphatic rings. The van der Waals surface area contributed by atoms with Gasteiger partial charge >= 0.3 is 0 Å². The van der Waals surface area contributed by atoms with Crippen molar-refractivity contribution in [1.29, 1.82) is 0 Å².